The number of benzene rings is 2. The van der Waals surface area contributed by atoms with Gasteiger partial charge >= 0.3 is 11.4 Å². The molecule has 0 bridgehead atoms. The molecule has 0 unspecified atom stereocenters. The van der Waals surface area contributed by atoms with E-state index in [1.807, 2.05) is 48.5 Å². The fourth-order valence-electron chi connectivity index (χ4n) is 3.89. The highest BCUT2D eigenvalue weighted by Crippen LogP contribution is 2.52. The van der Waals surface area contributed by atoms with Crippen LogP contribution in [0.2, 0.25) is 0 Å². The quantitative estimate of drug-likeness (QED) is 0.142. The SMILES string of the molecule is COc1ccc(-c2ccc(-c3sc(-c4ccc(-c5ccc(OC)s5)cc4)c([N+](=O)[O-])c3[N+](=O)[O-])cc2)s1. The number of methoxy groups -OCH3 is 2. The lowest BCUT2D eigenvalue weighted by Gasteiger charge is -2.01. The van der Waals surface area contributed by atoms with Crippen molar-refractivity contribution in [3.63, 3.8) is 0 Å². The van der Waals surface area contributed by atoms with Gasteiger partial charge in [0.25, 0.3) is 0 Å². The summed E-state index contributed by atoms with van der Waals surface area (Å²) in [7, 11) is 3.21. The van der Waals surface area contributed by atoms with E-state index in [-0.39, 0.29) is 9.75 Å². The lowest BCUT2D eigenvalue weighted by atomic mass is 10.1. The van der Waals surface area contributed by atoms with Crippen LogP contribution in [0.4, 0.5) is 11.4 Å². The summed E-state index contributed by atoms with van der Waals surface area (Å²) >= 11 is 4.01. The smallest absolute Gasteiger partial charge is 0.365 e. The first-order chi connectivity index (χ1) is 17.9. The van der Waals surface area contributed by atoms with Crippen molar-refractivity contribution < 1.29 is 19.3 Å². The Kier molecular flexibility index (Phi) is 6.74. The minimum Gasteiger partial charge on any atom is -0.487 e. The van der Waals surface area contributed by atoms with Crippen LogP contribution in [0.1, 0.15) is 0 Å². The Balaban J connectivity index is 1.56. The molecule has 3 heterocycles. The number of hydrogen-bond acceptors (Lipinski definition) is 9. The summed E-state index contributed by atoms with van der Waals surface area (Å²) in [6.45, 7) is 0. The molecule has 2 aromatic carbocycles. The minimum atomic E-state index is -0.669. The van der Waals surface area contributed by atoms with Crippen LogP contribution in [-0.4, -0.2) is 24.1 Å². The number of hydrogen-bond donors (Lipinski definition) is 0. The molecule has 3 aromatic heterocycles. The summed E-state index contributed by atoms with van der Waals surface area (Å²) in [4.78, 5) is 25.2. The standard InChI is InChI=1S/C26H18N2O6S3/c1-33-21-13-11-19(35-21)15-3-7-17(8-4-15)25-23(27(29)30)24(28(31)32)26(37-25)18-9-5-16(6-10-18)20-12-14-22(34-2)36-20/h3-14H,1-2H3. The van der Waals surface area contributed by atoms with E-state index in [0.29, 0.717) is 11.1 Å². The van der Waals surface area contributed by atoms with E-state index in [9.17, 15) is 20.2 Å². The molecule has 5 rings (SSSR count). The molecule has 186 valence electrons. The summed E-state index contributed by atoms with van der Waals surface area (Å²) in [6, 6.07) is 22.0. The molecule has 0 amide bonds. The van der Waals surface area contributed by atoms with Crippen LogP contribution in [0.15, 0.2) is 72.8 Å². The third-order valence-electron chi connectivity index (χ3n) is 5.65. The molecule has 5 aromatic rings. The maximum atomic E-state index is 12.0. The van der Waals surface area contributed by atoms with Gasteiger partial charge in [0.15, 0.2) is 10.1 Å². The van der Waals surface area contributed by atoms with E-state index in [4.69, 9.17) is 9.47 Å². The maximum absolute atomic E-state index is 12.0. The molecule has 0 aliphatic carbocycles. The second kappa shape index (κ2) is 10.1. The highest BCUT2D eigenvalue weighted by atomic mass is 32.1. The predicted octanol–water partition coefficient (Wildman–Crippen LogP) is 8.37. The monoisotopic (exact) mass is 550 g/mol. The molecule has 0 N–H and O–H groups in total. The van der Waals surface area contributed by atoms with E-state index in [0.717, 1.165) is 42.3 Å². The van der Waals surface area contributed by atoms with Gasteiger partial charge in [-0.1, -0.05) is 71.2 Å². The first kappa shape index (κ1) is 24.6. The van der Waals surface area contributed by atoms with Gasteiger partial charge in [-0.2, -0.15) is 0 Å². The molecule has 37 heavy (non-hydrogen) atoms. The highest BCUT2D eigenvalue weighted by Gasteiger charge is 2.37. The molecule has 0 saturated heterocycles. The molecule has 0 spiro atoms. The van der Waals surface area contributed by atoms with Gasteiger partial charge in [-0.05, 0) is 46.5 Å². The third kappa shape index (κ3) is 4.71. The summed E-state index contributed by atoms with van der Waals surface area (Å²) < 4.78 is 10.5. The number of nitro groups is 2. The van der Waals surface area contributed by atoms with Crippen LogP contribution in [0, 0.1) is 20.2 Å². The van der Waals surface area contributed by atoms with E-state index in [2.05, 4.69) is 0 Å². The molecule has 0 aliphatic heterocycles. The summed E-state index contributed by atoms with van der Waals surface area (Å²) in [5.74, 6) is 0. The van der Waals surface area contributed by atoms with Crippen LogP contribution >= 0.6 is 34.0 Å². The van der Waals surface area contributed by atoms with Crippen molar-refractivity contribution in [2.45, 2.75) is 0 Å². The number of ether oxygens (including phenoxy) is 2. The summed E-state index contributed by atoms with van der Waals surface area (Å²) in [5.41, 5.74) is 1.94. The van der Waals surface area contributed by atoms with Gasteiger partial charge in [-0.3, -0.25) is 20.2 Å². The van der Waals surface area contributed by atoms with Gasteiger partial charge in [0.05, 0.1) is 24.1 Å². The molecule has 0 saturated carbocycles. The highest BCUT2D eigenvalue weighted by molar-refractivity contribution is 7.20. The lowest BCUT2D eigenvalue weighted by Crippen LogP contribution is -1.95. The minimum absolute atomic E-state index is 0.245. The predicted molar refractivity (Wildman–Crippen MR) is 148 cm³/mol. The topological polar surface area (TPSA) is 105 Å². The van der Waals surface area contributed by atoms with E-state index in [1.165, 1.54) is 22.7 Å². The molecule has 0 radical (unpaired) electrons. The zero-order chi connectivity index (χ0) is 26.1. The van der Waals surface area contributed by atoms with Crippen molar-refractivity contribution >= 4 is 45.4 Å². The van der Waals surface area contributed by atoms with E-state index < -0.39 is 21.2 Å². The van der Waals surface area contributed by atoms with Crippen molar-refractivity contribution in [3.05, 3.63) is 93.0 Å². The molecule has 0 atom stereocenters. The third-order valence-corrected chi connectivity index (χ3v) is 9.11. The Bertz CT molecular complexity index is 1480. The summed E-state index contributed by atoms with van der Waals surface area (Å²) in [5, 5.41) is 25.6. The number of nitrogens with zero attached hydrogens (tertiary/aromatic N) is 2. The first-order valence-electron chi connectivity index (χ1n) is 10.8. The molecule has 0 fully saturated rings. The maximum Gasteiger partial charge on any atom is 0.365 e. The summed E-state index contributed by atoms with van der Waals surface area (Å²) in [6.07, 6.45) is 0. The Hall–Kier alpha value is -4.06. The van der Waals surface area contributed by atoms with Gasteiger partial charge in [0, 0.05) is 9.75 Å². The molecular formula is C26H18N2O6S3. The van der Waals surface area contributed by atoms with Crippen LogP contribution in [0.5, 0.6) is 10.1 Å². The van der Waals surface area contributed by atoms with Crippen LogP contribution in [-0.2, 0) is 0 Å². The van der Waals surface area contributed by atoms with E-state index >= 15 is 0 Å². The van der Waals surface area contributed by atoms with Crippen molar-refractivity contribution in [1.82, 2.24) is 0 Å². The van der Waals surface area contributed by atoms with Crippen molar-refractivity contribution in [3.8, 4) is 51.9 Å². The molecule has 11 heteroatoms. The van der Waals surface area contributed by atoms with Crippen molar-refractivity contribution in [2.75, 3.05) is 14.2 Å². The molecule has 0 aliphatic rings. The van der Waals surface area contributed by atoms with Crippen molar-refractivity contribution in [1.29, 1.82) is 0 Å². The second-order valence-corrected chi connectivity index (χ2v) is 10.9. The van der Waals surface area contributed by atoms with Gasteiger partial charge < -0.3 is 9.47 Å². The van der Waals surface area contributed by atoms with Crippen LogP contribution in [0.25, 0.3) is 41.8 Å². The average Bonchev–Trinajstić information content (AvgIpc) is 3.67. The molecule has 8 nitrogen and oxygen atoms in total. The Morgan fingerprint density at radius 3 is 1.19 bits per heavy atom. The zero-order valence-electron chi connectivity index (χ0n) is 19.5. The number of rotatable bonds is 8. The lowest BCUT2D eigenvalue weighted by molar-refractivity contribution is -0.420. The largest absolute Gasteiger partial charge is 0.487 e. The van der Waals surface area contributed by atoms with Crippen LogP contribution in [0.3, 0.4) is 0 Å². The van der Waals surface area contributed by atoms with Crippen molar-refractivity contribution in [2.24, 2.45) is 0 Å². The zero-order valence-corrected chi connectivity index (χ0v) is 21.9. The van der Waals surface area contributed by atoms with Gasteiger partial charge in [0.2, 0.25) is 0 Å². The average molecular weight is 551 g/mol. The van der Waals surface area contributed by atoms with Gasteiger partial charge in [0.1, 0.15) is 9.75 Å². The normalized spacial score (nSPS) is 10.9. The molecular weight excluding hydrogens is 532 g/mol. The van der Waals surface area contributed by atoms with Gasteiger partial charge in [-0.25, -0.2) is 0 Å². The Morgan fingerprint density at radius 2 is 0.892 bits per heavy atom. The van der Waals surface area contributed by atoms with Gasteiger partial charge in [-0.15, -0.1) is 11.3 Å². The first-order valence-corrected chi connectivity index (χ1v) is 13.3. The Labute approximate surface area is 223 Å². The Morgan fingerprint density at radius 1 is 0.541 bits per heavy atom. The fourth-order valence-corrected chi connectivity index (χ4v) is 6.79. The van der Waals surface area contributed by atoms with E-state index in [1.54, 1.807) is 38.5 Å². The second-order valence-electron chi connectivity index (χ2n) is 7.77. The van der Waals surface area contributed by atoms with Crippen LogP contribution < -0.4 is 9.47 Å². The fraction of sp³-hybridized carbons (Fsp3) is 0.0769. The number of thiophene rings is 3.